The number of amides is 1. The fourth-order valence-electron chi connectivity index (χ4n) is 3.63. The van der Waals surface area contributed by atoms with E-state index >= 15 is 0 Å². The van der Waals surface area contributed by atoms with Crippen LogP contribution in [-0.4, -0.2) is 35.4 Å². The molecule has 1 fully saturated rings. The van der Waals surface area contributed by atoms with Crippen LogP contribution in [0.2, 0.25) is 0 Å². The molecule has 7 heteroatoms. The molecule has 0 aliphatic carbocycles. The van der Waals surface area contributed by atoms with E-state index in [1.54, 1.807) is 34.4 Å². The molecule has 1 aliphatic heterocycles. The minimum Gasteiger partial charge on any atom is -0.350 e. The Hall–Kier alpha value is -1.67. The lowest BCUT2D eigenvalue weighted by Gasteiger charge is -2.27. The Morgan fingerprint density at radius 3 is 2.76 bits per heavy atom. The molecule has 0 radical (unpaired) electrons. The zero-order valence-corrected chi connectivity index (χ0v) is 18.9. The van der Waals surface area contributed by atoms with Crippen LogP contribution in [0.4, 0.5) is 0 Å². The van der Waals surface area contributed by atoms with Gasteiger partial charge in [-0.2, -0.15) is 0 Å². The summed E-state index contributed by atoms with van der Waals surface area (Å²) < 4.78 is 1.05. The molecular formula is C22H25N3OS3. The van der Waals surface area contributed by atoms with Gasteiger partial charge < -0.3 is 5.32 Å². The predicted molar refractivity (Wildman–Crippen MR) is 123 cm³/mol. The van der Waals surface area contributed by atoms with Crippen molar-refractivity contribution < 1.29 is 4.79 Å². The molecule has 1 aliphatic rings. The SMILES string of the molecule is Cc1csc(SCc2ccccc2C(=O)NCC(c2cccs2)N2CCCC2)n1. The largest absolute Gasteiger partial charge is 0.350 e. The van der Waals surface area contributed by atoms with Crippen molar-refractivity contribution in [2.45, 2.75) is 35.9 Å². The van der Waals surface area contributed by atoms with Crippen molar-refractivity contribution >= 4 is 40.3 Å². The first-order valence-corrected chi connectivity index (χ1v) is 12.6. The topological polar surface area (TPSA) is 45.2 Å². The van der Waals surface area contributed by atoms with Crippen LogP contribution in [0.3, 0.4) is 0 Å². The van der Waals surface area contributed by atoms with E-state index in [0.29, 0.717) is 6.54 Å². The number of hydrogen-bond acceptors (Lipinski definition) is 6. The third-order valence-electron chi connectivity index (χ3n) is 5.12. The van der Waals surface area contributed by atoms with Crippen molar-refractivity contribution in [2.24, 2.45) is 0 Å². The number of carbonyl (C=O) groups is 1. The monoisotopic (exact) mass is 443 g/mol. The molecule has 2 aromatic heterocycles. The van der Waals surface area contributed by atoms with Gasteiger partial charge in [0.2, 0.25) is 0 Å². The number of thiazole rings is 1. The summed E-state index contributed by atoms with van der Waals surface area (Å²) in [6.07, 6.45) is 2.48. The molecule has 1 N–H and O–H groups in total. The Morgan fingerprint density at radius 1 is 1.21 bits per heavy atom. The maximum atomic E-state index is 13.0. The minimum atomic E-state index is 0.0114. The van der Waals surface area contributed by atoms with Crippen molar-refractivity contribution in [1.29, 1.82) is 0 Å². The van der Waals surface area contributed by atoms with Gasteiger partial charge in [0, 0.05) is 33.8 Å². The van der Waals surface area contributed by atoms with Gasteiger partial charge in [0.05, 0.1) is 6.04 Å². The summed E-state index contributed by atoms with van der Waals surface area (Å²) in [5.74, 6) is 0.758. The van der Waals surface area contributed by atoms with E-state index in [4.69, 9.17) is 0 Å². The number of likely N-dealkylation sites (tertiary alicyclic amines) is 1. The molecule has 4 rings (SSSR count). The summed E-state index contributed by atoms with van der Waals surface area (Å²) in [5, 5.41) is 7.39. The first kappa shape index (κ1) is 20.6. The number of hydrogen-bond donors (Lipinski definition) is 1. The molecule has 3 heterocycles. The summed E-state index contributed by atoms with van der Waals surface area (Å²) in [4.78, 5) is 21.4. The Balaban J connectivity index is 1.42. The Kier molecular flexibility index (Phi) is 7.02. The summed E-state index contributed by atoms with van der Waals surface area (Å²) in [6.45, 7) is 4.87. The normalized spacial score (nSPS) is 15.5. The molecule has 1 aromatic carbocycles. The van der Waals surface area contributed by atoms with E-state index < -0.39 is 0 Å². The van der Waals surface area contributed by atoms with Gasteiger partial charge in [-0.25, -0.2) is 4.98 Å². The molecule has 0 spiro atoms. The van der Waals surface area contributed by atoms with Gasteiger partial charge in [0.1, 0.15) is 4.34 Å². The lowest BCUT2D eigenvalue weighted by atomic mass is 10.1. The predicted octanol–water partition coefficient (Wildman–Crippen LogP) is 5.37. The van der Waals surface area contributed by atoms with Gasteiger partial charge in [-0.1, -0.05) is 36.0 Å². The summed E-state index contributed by atoms with van der Waals surface area (Å²) >= 11 is 5.12. The second kappa shape index (κ2) is 9.89. The van der Waals surface area contributed by atoms with Crippen LogP contribution in [0.25, 0.3) is 0 Å². The van der Waals surface area contributed by atoms with E-state index in [1.165, 1.54) is 17.7 Å². The lowest BCUT2D eigenvalue weighted by Crippen LogP contribution is -2.36. The highest BCUT2D eigenvalue weighted by Gasteiger charge is 2.25. The van der Waals surface area contributed by atoms with Crippen molar-refractivity contribution in [3.8, 4) is 0 Å². The van der Waals surface area contributed by atoms with Crippen LogP contribution in [-0.2, 0) is 5.75 Å². The Morgan fingerprint density at radius 2 is 2.03 bits per heavy atom. The molecule has 1 atom stereocenters. The second-order valence-electron chi connectivity index (χ2n) is 7.18. The lowest BCUT2D eigenvalue weighted by molar-refractivity contribution is 0.0937. The quantitative estimate of drug-likeness (QED) is 0.475. The number of carbonyl (C=O) groups excluding carboxylic acids is 1. The van der Waals surface area contributed by atoms with Gasteiger partial charge in [0.15, 0.2) is 0 Å². The highest BCUT2D eigenvalue weighted by atomic mass is 32.2. The van der Waals surface area contributed by atoms with E-state index in [2.05, 4.69) is 38.1 Å². The van der Waals surface area contributed by atoms with E-state index in [9.17, 15) is 4.79 Å². The molecule has 1 unspecified atom stereocenters. The summed E-state index contributed by atoms with van der Waals surface area (Å²) in [7, 11) is 0. The number of rotatable bonds is 8. The third kappa shape index (κ3) is 5.28. The van der Waals surface area contributed by atoms with Gasteiger partial charge >= 0.3 is 0 Å². The highest BCUT2D eigenvalue weighted by Crippen LogP contribution is 2.29. The average molecular weight is 444 g/mol. The van der Waals surface area contributed by atoms with Crippen LogP contribution >= 0.6 is 34.4 Å². The number of benzene rings is 1. The van der Waals surface area contributed by atoms with Crippen molar-refractivity contribution in [1.82, 2.24) is 15.2 Å². The number of thioether (sulfide) groups is 1. The molecule has 0 saturated carbocycles. The van der Waals surface area contributed by atoms with Crippen LogP contribution in [0.15, 0.2) is 51.5 Å². The molecule has 0 bridgehead atoms. The zero-order valence-electron chi connectivity index (χ0n) is 16.5. The van der Waals surface area contributed by atoms with E-state index in [-0.39, 0.29) is 11.9 Å². The maximum absolute atomic E-state index is 13.0. The van der Waals surface area contributed by atoms with Crippen LogP contribution < -0.4 is 5.32 Å². The molecule has 4 nitrogen and oxygen atoms in total. The Labute approximate surface area is 184 Å². The van der Waals surface area contributed by atoms with E-state index in [0.717, 1.165) is 40.0 Å². The smallest absolute Gasteiger partial charge is 0.251 e. The number of aryl methyl sites for hydroxylation is 1. The number of nitrogens with zero attached hydrogens (tertiary/aromatic N) is 2. The fraction of sp³-hybridized carbons (Fsp3) is 0.364. The summed E-state index contributed by atoms with van der Waals surface area (Å²) in [5.41, 5.74) is 2.86. The van der Waals surface area contributed by atoms with Gasteiger partial charge in [0.25, 0.3) is 5.91 Å². The van der Waals surface area contributed by atoms with Crippen molar-refractivity contribution in [3.05, 3.63) is 68.9 Å². The van der Waals surface area contributed by atoms with Crippen molar-refractivity contribution in [3.63, 3.8) is 0 Å². The van der Waals surface area contributed by atoms with Gasteiger partial charge in [-0.3, -0.25) is 9.69 Å². The third-order valence-corrected chi connectivity index (χ3v) is 8.28. The molecule has 3 aromatic rings. The van der Waals surface area contributed by atoms with Gasteiger partial charge in [-0.05, 0) is 55.9 Å². The first-order chi connectivity index (χ1) is 14.2. The molecular weight excluding hydrogens is 418 g/mol. The first-order valence-electron chi connectivity index (χ1n) is 9.89. The van der Waals surface area contributed by atoms with Gasteiger partial charge in [-0.15, -0.1) is 22.7 Å². The van der Waals surface area contributed by atoms with Crippen LogP contribution in [0, 0.1) is 6.92 Å². The molecule has 1 amide bonds. The van der Waals surface area contributed by atoms with Crippen LogP contribution in [0.1, 0.15) is 45.4 Å². The Bertz CT molecular complexity index is 932. The zero-order chi connectivity index (χ0) is 20.1. The minimum absolute atomic E-state index is 0.0114. The summed E-state index contributed by atoms with van der Waals surface area (Å²) in [6, 6.07) is 12.4. The second-order valence-corrected chi connectivity index (χ2v) is 10.2. The highest BCUT2D eigenvalue weighted by molar-refractivity contribution is 8.00. The standard InChI is InChI=1S/C22H25N3OS3/c1-16-14-28-22(24-16)29-15-17-7-2-3-8-18(17)21(26)23-13-19(20-9-6-12-27-20)25-10-4-5-11-25/h2-3,6-9,12,14,19H,4-5,10-11,13,15H2,1H3,(H,23,26). The maximum Gasteiger partial charge on any atom is 0.251 e. The molecule has 1 saturated heterocycles. The fourth-order valence-corrected chi connectivity index (χ4v) is 6.35. The average Bonchev–Trinajstić information content (AvgIpc) is 3.50. The van der Waals surface area contributed by atoms with Crippen molar-refractivity contribution in [2.75, 3.05) is 19.6 Å². The number of nitrogens with one attached hydrogen (secondary N) is 1. The molecule has 29 heavy (non-hydrogen) atoms. The number of thiophene rings is 1. The van der Waals surface area contributed by atoms with Crippen LogP contribution in [0.5, 0.6) is 0 Å². The molecule has 152 valence electrons. The number of aromatic nitrogens is 1. The van der Waals surface area contributed by atoms with E-state index in [1.807, 2.05) is 31.2 Å².